The van der Waals surface area contributed by atoms with Gasteiger partial charge in [0.2, 0.25) is 0 Å². The summed E-state index contributed by atoms with van der Waals surface area (Å²) in [5.41, 5.74) is -0.246. The first-order chi connectivity index (χ1) is 19.0. The van der Waals surface area contributed by atoms with E-state index in [1.807, 2.05) is 0 Å². The topological polar surface area (TPSA) is 92.3 Å². The standard InChI is InChI=1S/C27H18F6N2O4S2/c28-26(29,30)18-3-1-5-20(14-18)34-40(36,37)22-7-9-24-16(12-22)11-17-13-23(8-10-25(17)24)41(38,39)35-21-6-2-4-19(15-21)27(31,32)33/h1-10,12-15,34-35H,11H2. The van der Waals surface area contributed by atoms with Crippen molar-refractivity contribution in [3.8, 4) is 11.1 Å². The molecule has 0 radical (unpaired) electrons. The molecule has 0 bridgehead atoms. The molecule has 4 aromatic carbocycles. The molecular formula is C27H18F6N2O4S2. The zero-order valence-electron chi connectivity index (χ0n) is 20.5. The van der Waals surface area contributed by atoms with Crippen molar-refractivity contribution >= 4 is 31.4 Å². The van der Waals surface area contributed by atoms with Gasteiger partial charge in [-0.15, -0.1) is 0 Å². The molecule has 0 amide bonds. The summed E-state index contributed by atoms with van der Waals surface area (Å²) in [5, 5.41) is 0. The molecule has 0 spiro atoms. The summed E-state index contributed by atoms with van der Waals surface area (Å²) in [7, 11) is -8.54. The Bertz CT molecular complexity index is 1750. The van der Waals surface area contributed by atoms with Crippen molar-refractivity contribution in [1.29, 1.82) is 0 Å². The fourth-order valence-corrected chi connectivity index (χ4v) is 6.64. The van der Waals surface area contributed by atoms with Crippen LogP contribution in [-0.2, 0) is 38.8 Å². The van der Waals surface area contributed by atoms with Crippen molar-refractivity contribution in [2.75, 3.05) is 9.44 Å². The van der Waals surface area contributed by atoms with E-state index >= 15 is 0 Å². The Balaban J connectivity index is 1.38. The van der Waals surface area contributed by atoms with Crippen LogP contribution in [0.3, 0.4) is 0 Å². The number of benzene rings is 4. The van der Waals surface area contributed by atoms with Crippen LogP contribution in [0.5, 0.6) is 0 Å². The predicted molar refractivity (Wildman–Crippen MR) is 139 cm³/mol. The molecule has 0 atom stereocenters. The largest absolute Gasteiger partial charge is 0.416 e. The van der Waals surface area contributed by atoms with Gasteiger partial charge in [0.25, 0.3) is 20.0 Å². The quantitative estimate of drug-likeness (QED) is 0.204. The Kier molecular flexibility index (Phi) is 6.81. The molecule has 4 aromatic rings. The molecule has 41 heavy (non-hydrogen) atoms. The van der Waals surface area contributed by atoms with Crippen molar-refractivity contribution in [1.82, 2.24) is 0 Å². The lowest BCUT2D eigenvalue weighted by Crippen LogP contribution is -2.14. The molecule has 6 nitrogen and oxygen atoms in total. The number of halogens is 6. The van der Waals surface area contributed by atoms with Gasteiger partial charge in [-0.05, 0) is 89.3 Å². The summed E-state index contributed by atoms with van der Waals surface area (Å²) < 4.78 is 134. The maximum absolute atomic E-state index is 13.0. The second-order valence-electron chi connectivity index (χ2n) is 9.18. The van der Waals surface area contributed by atoms with E-state index < -0.39 is 43.5 Å². The molecule has 2 N–H and O–H groups in total. The minimum Gasteiger partial charge on any atom is -0.280 e. The normalized spacial score (nSPS) is 13.4. The van der Waals surface area contributed by atoms with Gasteiger partial charge in [0.1, 0.15) is 0 Å². The van der Waals surface area contributed by atoms with Crippen molar-refractivity contribution in [2.24, 2.45) is 0 Å². The number of sulfonamides is 2. The third kappa shape index (κ3) is 5.88. The maximum atomic E-state index is 13.0. The Hall–Kier alpha value is -4.04. The van der Waals surface area contributed by atoms with Crippen LogP contribution in [0.25, 0.3) is 11.1 Å². The molecule has 5 rings (SSSR count). The van der Waals surface area contributed by atoms with Gasteiger partial charge in [0, 0.05) is 11.4 Å². The molecule has 1 aliphatic rings. The van der Waals surface area contributed by atoms with E-state index in [1.54, 1.807) is 0 Å². The summed E-state index contributed by atoms with van der Waals surface area (Å²) in [5.74, 6) is 0. The Morgan fingerprint density at radius 2 is 0.927 bits per heavy atom. The number of alkyl halides is 6. The first kappa shape index (κ1) is 28.5. The van der Waals surface area contributed by atoms with Crippen molar-refractivity contribution in [2.45, 2.75) is 28.6 Å². The first-order valence-electron chi connectivity index (χ1n) is 11.7. The Labute approximate surface area is 230 Å². The zero-order chi connectivity index (χ0) is 29.8. The fourth-order valence-electron chi connectivity index (χ4n) is 4.44. The summed E-state index contributed by atoms with van der Waals surface area (Å²) >= 11 is 0. The average Bonchev–Trinajstić information content (AvgIpc) is 3.25. The number of hydrogen-bond donors (Lipinski definition) is 2. The van der Waals surface area contributed by atoms with Gasteiger partial charge >= 0.3 is 12.4 Å². The average molecular weight is 613 g/mol. The molecule has 14 heteroatoms. The molecular weight excluding hydrogens is 594 g/mol. The first-order valence-corrected chi connectivity index (χ1v) is 14.7. The summed E-state index contributed by atoms with van der Waals surface area (Å²) in [6.07, 6.45) is -9.17. The monoisotopic (exact) mass is 612 g/mol. The van der Waals surface area contributed by atoms with E-state index in [4.69, 9.17) is 0 Å². The number of hydrogen-bond acceptors (Lipinski definition) is 4. The van der Waals surface area contributed by atoms with E-state index in [1.165, 1.54) is 48.5 Å². The van der Waals surface area contributed by atoms with Gasteiger partial charge in [-0.3, -0.25) is 9.44 Å². The summed E-state index contributed by atoms with van der Waals surface area (Å²) in [6, 6.07) is 15.8. The molecule has 0 saturated carbocycles. The molecule has 214 valence electrons. The van der Waals surface area contributed by atoms with Gasteiger partial charge in [0.05, 0.1) is 20.9 Å². The highest BCUT2D eigenvalue weighted by molar-refractivity contribution is 7.93. The lowest BCUT2D eigenvalue weighted by Gasteiger charge is -2.12. The van der Waals surface area contributed by atoms with Crippen molar-refractivity contribution < 1.29 is 43.2 Å². The van der Waals surface area contributed by atoms with Crippen molar-refractivity contribution in [3.05, 3.63) is 107 Å². The molecule has 0 aromatic heterocycles. The van der Waals surface area contributed by atoms with E-state index in [-0.39, 0.29) is 27.6 Å². The SMILES string of the molecule is O=S(=O)(Nc1cccc(C(F)(F)F)c1)c1ccc2c(c1)Cc1cc(S(=O)(=O)Nc3cccc(C(F)(F)F)c3)ccc1-2. The van der Waals surface area contributed by atoms with Crippen LogP contribution in [0.4, 0.5) is 37.7 Å². The van der Waals surface area contributed by atoms with Crippen LogP contribution < -0.4 is 9.44 Å². The second-order valence-corrected chi connectivity index (χ2v) is 12.5. The third-order valence-corrected chi connectivity index (χ3v) is 9.09. The van der Waals surface area contributed by atoms with Gasteiger partial charge in [0.15, 0.2) is 0 Å². The Morgan fingerprint density at radius 1 is 0.537 bits per heavy atom. The second kappa shape index (κ2) is 9.80. The van der Waals surface area contributed by atoms with E-state index in [9.17, 15) is 43.2 Å². The molecule has 0 saturated heterocycles. The number of fused-ring (bicyclic) bond motifs is 3. The van der Waals surface area contributed by atoms with Crippen LogP contribution in [0.2, 0.25) is 0 Å². The fraction of sp³-hybridized carbons (Fsp3) is 0.111. The number of nitrogens with one attached hydrogen (secondary N) is 2. The molecule has 0 unspecified atom stereocenters. The Morgan fingerprint density at radius 3 is 1.29 bits per heavy atom. The van der Waals surface area contributed by atoms with Crippen LogP contribution in [-0.4, -0.2) is 16.8 Å². The van der Waals surface area contributed by atoms with Gasteiger partial charge < -0.3 is 0 Å². The maximum Gasteiger partial charge on any atom is 0.416 e. The summed E-state index contributed by atoms with van der Waals surface area (Å²) in [4.78, 5) is -0.416. The molecule has 0 fully saturated rings. The lowest BCUT2D eigenvalue weighted by atomic mass is 10.1. The van der Waals surface area contributed by atoms with Gasteiger partial charge in [-0.25, -0.2) is 16.8 Å². The third-order valence-electron chi connectivity index (χ3n) is 6.33. The molecule has 1 aliphatic carbocycles. The van der Waals surface area contributed by atoms with Crippen LogP contribution in [0.1, 0.15) is 22.3 Å². The van der Waals surface area contributed by atoms with Gasteiger partial charge in [-0.1, -0.05) is 24.3 Å². The van der Waals surface area contributed by atoms with E-state index in [0.717, 1.165) is 24.3 Å². The predicted octanol–water partition coefficient (Wildman–Crippen LogP) is 6.90. The van der Waals surface area contributed by atoms with Crippen LogP contribution in [0.15, 0.2) is 94.7 Å². The zero-order valence-corrected chi connectivity index (χ0v) is 22.1. The highest BCUT2D eigenvalue weighted by Gasteiger charge is 2.32. The van der Waals surface area contributed by atoms with E-state index in [0.29, 0.717) is 34.4 Å². The minimum absolute atomic E-state index is 0.143. The lowest BCUT2D eigenvalue weighted by molar-refractivity contribution is -0.138. The highest BCUT2D eigenvalue weighted by Crippen LogP contribution is 2.39. The number of anilines is 2. The van der Waals surface area contributed by atoms with Crippen LogP contribution in [0, 0.1) is 0 Å². The molecule has 0 heterocycles. The smallest absolute Gasteiger partial charge is 0.280 e. The van der Waals surface area contributed by atoms with Gasteiger partial charge in [-0.2, -0.15) is 26.3 Å². The minimum atomic E-state index is -4.66. The highest BCUT2D eigenvalue weighted by atomic mass is 32.2. The molecule has 0 aliphatic heterocycles. The number of rotatable bonds is 6. The summed E-state index contributed by atoms with van der Waals surface area (Å²) in [6.45, 7) is 0. The van der Waals surface area contributed by atoms with E-state index in [2.05, 4.69) is 9.44 Å². The van der Waals surface area contributed by atoms with Crippen molar-refractivity contribution in [3.63, 3.8) is 0 Å². The van der Waals surface area contributed by atoms with Crippen LogP contribution >= 0.6 is 0 Å².